The number of hydrogen-bond acceptors (Lipinski definition) is 3. The summed E-state index contributed by atoms with van der Waals surface area (Å²) in [6, 6.07) is 0. The van der Waals surface area contributed by atoms with E-state index in [2.05, 4.69) is 10.3 Å². The number of hydrogen-bond donors (Lipinski definition) is 0. The SMILES string of the molecule is O=Cc1cn(CC23CC4CC(CC(C4)C2)C3)nn1. The minimum absolute atomic E-state index is 0.458. The van der Waals surface area contributed by atoms with Gasteiger partial charge in [0.05, 0.1) is 6.20 Å². The van der Waals surface area contributed by atoms with Crippen LogP contribution in [0.3, 0.4) is 0 Å². The van der Waals surface area contributed by atoms with Gasteiger partial charge in [0.1, 0.15) is 5.69 Å². The number of rotatable bonds is 3. The van der Waals surface area contributed by atoms with Crippen molar-refractivity contribution >= 4 is 6.29 Å². The number of aromatic nitrogens is 3. The summed E-state index contributed by atoms with van der Waals surface area (Å²) in [6.45, 7) is 0.970. The zero-order valence-corrected chi connectivity index (χ0v) is 10.6. The van der Waals surface area contributed by atoms with Gasteiger partial charge in [0.25, 0.3) is 0 Å². The number of nitrogens with zero attached hydrogens (tertiary/aromatic N) is 3. The van der Waals surface area contributed by atoms with Crippen molar-refractivity contribution in [1.82, 2.24) is 15.0 Å². The first-order valence-electron chi connectivity index (χ1n) is 7.10. The lowest BCUT2D eigenvalue weighted by Gasteiger charge is -2.56. The predicted molar refractivity (Wildman–Crippen MR) is 66.0 cm³/mol. The molecule has 0 aromatic carbocycles. The maximum atomic E-state index is 10.7. The van der Waals surface area contributed by atoms with Crippen molar-refractivity contribution in [2.45, 2.75) is 45.1 Å². The topological polar surface area (TPSA) is 47.8 Å². The Morgan fingerprint density at radius 1 is 1.22 bits per heavy atom. The first-order valence-corrected chi connectivity index (χ1v) is 7.10. The molecule has 96 valence electrons. The summed E-state index contributed by atoms with van der Waals surface area (Å²) >= 11 is 0. The smallest absolute Gasteiger partial charge is 0.171 e. The summed E-state index contributed by atoms with van der Waals surface area (Å²) in [6.07, 6.45) is 11.1. The molecule has 0 spiro atoms. The molecule has 0 N–H and O–H groups in total. The van der Waals surface area contributed by atoms with Gasteiger partial charge in [-0.1, -0.05) is 5.21 Å². The predicted octanol–water partition coefficient (Wildman–Crippen LogP) is 2.31. The van der Waals surface area contributed by atoms with Crippen LogP contribution in [-0.2, 0) is 6.54 Å². The first-order chi connectivity index (χ1) is 8.75. The van der Waals surface area contributed by atoms with Crippen LogP contribution in [0.2, 0.25) is 0 Å². The van der Waals surface area contributed by atoms with Gasteiger partial charge in [0.2, 0.25) is 0 Å². The summed E-state index contributed by atoms with van der Waals surface area (Å²) < 4.78 is 1.90. The highest BCUT2D eigenvalue weighted by atomic mass is 16.1. The molecule has 0 atom stereocenters. The summed E-state index contributed by atoms with van der Waals surface area (Å²) in [5.74, 6) is 2.89. The number of aldehydes is 1. The number of carbonyl (C=O) groups is 1. The van der Waals surface area contributed by atoms with Crippen molar-refractivity contribution in [1.29, 1.82) is 0 Å². The molecular weight excluding hydrogens is 226 g/mol. The van der Waals surface area contributed by atoms with Crippen LogP contribution in [-0.4, -0.2) is 21.3 Å². The third kappa shape index (κ3) is 1.62. The fourth-order valence-corrected chi connectivity index (χ4v) is 5.27. The van der Waals surface area contributed by atoms with Crippen molar-refractivity contribution in [2.75, 3.05) is 0 Å². The Balaban J connectivity index is 1.58. The molecule has 1 aromatic heterocycles. The Kier molecular flexibility index (Phi) is 2.17. The Labute approximate surface area is 107 Å². The van der Waals surface area contributed by atoms with E-state index in [9.17, 15) is 4.79 Å². The molecule has 1 heterocycles. The van der Waals surface area contributed by atoms with Gasteiger partial charge in [-0.2, -0.15) is 0 Å². The van der Waals surface area contributed by atoms with E-state index in [4.69, 9.17) is 0 Å². The van der Waals surface area contributed by atoms with Crippen LogP contribution in [0.4, 0.5) is 0 Å². The maximum absolute atomic E-state index is 10.7. The third-order valence-corrected chi connectivity index (χ3v) is 5.34. The van der Waals surface area contributed by atoms with Crippen LogP contribution in [0.15, 0.2) is 6.20 Å². The minimum atomic E-state index is 0.458. The van der Waals surface area contributed by atoms with E-state index < -0.39 is 0 Å². The van der Waals surface area contributed by atoms with Gasteiger partial charge in [-0.25, -0.2) is 0 Å². The van der Waals surface area contributed by atoms with Gasteiger partial charge >= 0.3 is 0 Å². The largest absolute Gasteiger partial charge is 0.296 e. The highest BCUT2D eigenvalue weighted by Crippen LogP contribution is 2.60. The molecule has 4 saturated carbocycles. The maximum Gasteiger partial charge on any atom is 0.171 e. The zero-order chi connectivity index (χ0) is 12.2. The summed E-state index contributed by atoms with van der Waals surface area (Å²) in [5.41, 5.74) is 0.919. The first kappa shape index (κ1) is 10.7. The van der Waals surface area contributed by atoms with E-state index in [0.29, 0.717) is 11.1 Å². The van der Waals surface area contributed by atoms with Crippen LogP contribution in [0.1, 0.15) is 49.0 Å². The van der Waals surface area contributed by atoms with E-state index in [1.54, 1.807) is 6.20 Å². The molecular formula is C14H19N3O. The van der Waals surface area contributed by atoms with E-state index in [1.807, 2.05) is 4.68 Å². The second-order valence-electron chi connectivity index (χ2n) is 6.88. The minimum Gasteiger partial charge on any atom is -0.296 e. The Morgan fingerprint density at radius 2 is 1.83 bits per heavy atom. The molecule has 18 heavy (non-hydrogen) atoms. The normalized spacial score (nSPS) is 41.2. The van der Waals surface area contributed by atoms with Crippen molar-refractivity contribution in [3.8, 4) is 0 Å². The van der Waals surface area contributed by atoms with Crippen molar-refractivity contribution < 1.29 is 4.79 Å². The van der Waals surface area contributed by atoms with E-state index in [1.165, 1.54) is 38.5 Å². The average Bonchev–Trinajstić information content (AvgIpc) is 2.74. The van der Waals surface area contributed by atoms with Crippen LogP contribution in [0.25, 0.3) is 0 Å². The van der Waals surface area contributed by atoms with E-state index in [-0.39, 0.29) is 0 Å². The molecule has 0 radical (unpaired) electrons. The van der Waals surface area contributed by atoms with E-state index >= 15 is 0 Å². The summed E-state index contributed by atoms with van der Waals surface area (Å²) in [4.78, 5) is 10.7. The fourth-order valence-electron chi connectivity index (χ4n) is 5.27. The standard InChI is InChI=1S/C14H19N3O/c18-8-13-7-17(16-15-13)9-14-4-10-1-11(5-14)3-12(2-10)6-14/h7-8,10-12H,1-6,9H2. The van der Waals surface area contributed by atoms with Gasteiger partial charge in [-0.05, 0) is 61.7 Å². The van der Waals surface area contributed by atoms with Crippen LogP contribution in [0.5, 0.6) is 0 Å². The summed E-state index contributed by atoms with van der Waals surface area (Å²) in [7, 11) is 0. The Morgan fingerprint density at radius 3 is 2.33 bits per heavy atom. The molecule has 4 heteroatoms. The fraction of sp³-hybridized carbons (Fsp3) is 0.786. The Hall–Kier alpha value is -1.19. The molecule has 0 saturated heterocycles. The zero-order valence-electron chi connectivity index (χ0n) is 10.6. The van der Waals surface area contributed by atoms with Gasteiger partial charge < -0.3 is 0 Å². The average molecular weight is 245 g/mol. The lowest BCUT2D eigenvalue weighted by molar-refractivity contribution is -0.0637. The Bertz CT molecular complexity index is 444. The highest BCUT2D eigenvalue weighted by Gasteiger charge is 2.50. The quantitative estimate of drug-likeness (QED) is 0.768. The van der Waals surface area contributed by atoms with Crippen LogP contribution >= 0.6 is 0 Å². The number of carbonyl (C=O) groups excluding carboxylic acids is 1. The van der Waals surface area contributed by atoms with Crippen molar-refractivity contribution in [2.24, 2.45) is 23.2 Å². The van der Waals surface area contributed by atoms with Crippen LogP contribution < -0.4 is 0 Å². The lowest BCUT2D eigenvalue weighted by Crippen LogP contribution is -2.48. The molecule has 4 aliphatic carbocycles. The molecule has 0 unspecified atom stereocenters. The molecule has 4 aliphatic rings. The summed E-state index contributed by atoms with van der Waals surface area (Å²) in [5, 5.41) is 7.98. The monoisotopic (exact) mass is 245 g/mol. The molecule has 0 aliphatic heterocycles. The van der Waals surface area contributed by atoms with Gasteiger partial charge in [-0.15, -0.1) is 5.10 Å². The van der Waals surface area contributed by atoms with Crippen molar-refractivity contribution in [3.05, 3.63) is 11.9 Å². The molecule has 5 rings (SSSR count). The molecule has 1 aromatic rings. The van der Waals surface area contributed by atoms with Gasteiger partial charge in [-0.3, -0.25) is 9.48 Å². The second-order valence-corrected chi connectivity index (χ2v) is 6.88. The lowest BCUT2D eigenvalue weighted by atomic mass is 9.49. The molecule has 4 bridgehead atoms. The second kappa shape index (κ2) is 3.65. The molecule has 0 amide bonds. The van der Waals surface area contributed by atoms with Gasteiger partial charge in [0.15, 0.2) is 6.29 Å². The molecule has 4 fully saturated rings. The third-order valence-electron chi connectivity index (χ3n) is 5.34. The molecule has 4 nitrogen and oxygen atoms in total. The van der Waals surface area contributed by atoms with E-state index in [0.717, 1.165) is 30.6 Å². The highest BCUT2D eigenvalue weighted by molar-refractivity contribution is 5.70. The van der Waals surface area contributed by atoms with Crippen LogP contribution in [0, 0.1) is 23.2 Å². The van der Waals surface area contributed by atoms with Crippen molar-refractivity contribution in [3.63, 3.8) is 0 Å². The van der Waals surface area contributed by atoms with Gasteiger partial charge in [0, 0.05) is 6.54 Å².